The van der Waals surface area contributed by atoms with E-state index >= 15 is 0 Å². The number of fused-ring (bicyclic) bond motifs is 1. The highest BCUT2D eigenvalue weighted by Gasteiger charge is 2.18. The lowest BCUT2D eigenvalue weighted by molar-refractivity contribution is 0.355. The van der Waals surface area contributed by atoms with E-state index < -0.39 is 0 Å². The number of para-hydroxylation sites is 1. The van der Waals surface area contributed by atoms with Crippen molar-refractivity contribution in [1.82, 2.24) is 9.66 Å². The first-order valence-corrected chi connectivity index (χ1v) is 11.8. The zero-order valence-electron chi connectivity index (χ0n) is 21.1. The van der Waals surface area contributed by atoms with E-state index in [9.17, 15) is 4.79 Å². The SMILES string of the molecule is COc1cc(C)c(-c2nc3ccccc3c(=O)n2N=Cc2cc(Cl)c(OC)c(OC)c2)cc1C(C)C. The number of halogens is 1. The van der Waals surface area contributed by atoms with Crippen LogP contribution in [0.4, 0.5) is 0 Å². The van der Waals surface area contributed by atoms with Gasteiger partial charge in [-0.25, -0.2) is 4.98 Å². The minimum Gasteiger partial charge on any atom is -0.496 e. The van der Waals surface area contributed by atoms with Gasteiger partial charge in [0.15, 0.2) is 17.3 Å². The third-order valence-corrected chi connectivity index (χ3v) is 6.25. The van der Waals surface area contributed by atoms with Crippen molar-refractivity contribution in [1.29, 1.82) is 0 Å². The minimum atomic E-state index is -0.278. The summed E-state index contributed by atoms with van der Waals surface area (Å²) in [6.45, 7) is 6.15. The van der Waals surface area contributed by atoms with Crippen LogP contribution in [0, 0.1) is 6.92 Å². The summed E-state index contributed by atoms with van der Waals surface area (Å²) in [5.74, 6) is 2.32. The molecule has 0 atom stereocenters. The molecule has 0 unspecified atom stereocenters. The molecule has 7 nitrogen and oxygen atoms in total. The summed E-state index contributed by atoms with van der Waals surface area (Å²) in [6, 6.07) is 14.7. The van der Waals surface area contributed by atoms with Crippen LogP contribution in [0.5, 0.6) is 17.2 Å². The first-order chi connectivity index (χ1) is 17.3. The molecule has 0 N–H and O–H groups in total. The van der Waals surface area contributed by atoms with Gasteiger partial charge in [0.1, 0.15) is 5.75 Å². The molecule has 0 radical (unpaired) electrons. The Bertz CT molecular complexity index is 1530. The Morgan fingerprint density at radius 3 is 2.39 bits per heavy atom. The average Bonchev–Trinajstić information content (AvgIpc) is 2.87. The maximum absolute atomic E-state index is 13.6. The monoisotopic (exact) mass is 505 g/mol. The van der Waals surface area contributed by atoms with Gasteiger partial charge in [-0.1, -0.05) is 37.6 Å². The molecule has 186 valence electrons. The van der Waals surface area contributed by atoms with Crippen LogP contribution in [-0.2, 0) is 0 Å². The number of rotatable bonds is 7. The number of hydrogen-bond acceptors (Lipinski definition) is 6. The minimum absolute atomic E-state index is 0.206. The third kappa shape index (κ3) is 4.66. The molecule has 0 aliphatic heterocycles. The molecule has 0 saturated carbocycles. The molecule has 0 amide bonds. The molecule has 0 aliphatic carbocycles. The van der Waals surface area contributed by atoms with Gasteiger partial charge in [-0.05, 0) is 65.9 Å². The molecular formula is C28H28ClN3O4. The molecule has 36 heavy (non-hydrogen) atoms. The number of methoxy groups -OCH3 is 3. The summed E-state index contributed by atoms with van der Waals surface area (Å²) in [6.07, 6.45) is 1.55. The summed E-state index contributed by atoms with van der Waals surface area (Å²) >= 11 is 6.37. The van der Waals surface area contributed by atoms with Crippen molar-refractivity contribution in [3.05, 3.63) is 80.6 Å². The molecule has 0 fully saturated rings. The second-order valence-corrected chi connectivity index (χ2v) is 9.02. The van der Waals surface area contributed by atoms with Crippen LogP contribution < -0.4 is 19.8 Å². The van der Waals surface area contributed by atoms with Crippen LogP contribution in [0.15, 0.2) is 58.4 Å². The van der Waals surface area contributed by atoms with E-state index in [0.717, 1.165) is 22.4 Å². The summed E-state index contributed by atoms with van der Waals surface area (Å²) < 4.78 is 17.6. The second-order valence-electron chi connectivity index (χ2n) is 8.62. The zero-order chi connectivity index (χ0) is 26.0. The van der Waals surface area contributed by atoms with Crippen molar-refractivity contribution in [2.45, 2.75) is 26.7 Å². The van der Waals surface area contributed by atoms with Crippen LogP contribution in [0.1, 0.15) is 36.5 Å². The van der Waals surface area contributed by atoms with E-state index in [-0.39, 0.29) is 11.5 Å². The van der Waals surface area contributed by atoms with Gasteiger partial charge in [-0.2, -0.15) is 9.78 Å². The van der Waals surface area contributed by atoms with Crippen molar-refractivity contribution in [2.24, 2.45) is 5.10 Å². The van der Waals surface area contributed by atoms with E-state index in [0.29, 0.717) is 38.8 Å². The highest BCUT2D eigenvalue weighted by atomic mass is 35.5. The summed E-state index contributed by atoms with van der Waals surface area (Å²) in [4.78, 5) is 18.5. The van der Waals surface area contributed by atoms with Crippen molar-refractivity contribution in [3.8, 4) is 28.6 Å². The van der Waals surface area contributed by atoms with Gasteiger partial charge in [0.25, 0.3) is 5.56 Å². The Labute approximate surface area is 214 Å². The molecule has 8 heteroatoms. The molecule has 3 aromatic carbocycles. The quantitative estimate of drug-likeness (QED) is 0.285. The average molecular weight is 506 g/mol. The Balaban J connectivity index is 1.97. The highest BCUT2D eigenvalue weighted by molar-refractivity contribution is 6.32. The third-order valence-electron chi connectivity index (χ3n) is 5.97. The highest BCUT2D eigenvalue weighted by Crippen LogP contribution is 2.36. The van der Waals surface area contributed by atoms with Crippen LogP contribution in [-0.4, -0.2) is 37.2 Å². The van der Waals surface area contributed by atoms with Crippen LogP contribution in [0.2, 0.25) is 5.02 Å². The van der Waals surface area contributed by atoms with Gasteiger partial charge in [-0.15, -0.1) is 0 Å². The largest absolute Gasteiger partial charge is 0.496 e. The normalized spacial score (nSPS) is 11.4. The Kier molecular flexibility index (Phi) is 7.31. The standard InChI is InChI=1S/C28H28ClN3O4/c1-16(2)20-14-21(17(3)11-24(20)34-4)27-31-23-10-8-7-9-19(23)28(33)32(27)30-15-18-12-22(29)26(36-6)25(13-18)35-5/h7-16H,1-6H3. The van der Waals surface area contributed by atoms with E-state index in [1.165, 1.54) is 18.9 Å². The zero-order valence-corrected chi connectivity index (χ0v) is 21.9. The first kappa shape index (κ1) is 25.3. The van der Waals surface area contributed by atoms with Crippen molar-refractivity contribution in [2.75, 3.05) is 21.3 Å². The number of aromatic nitrogens is 2. The van der Waals surface area contributed by atoms with E-state index in [4.69, 9.17) is 30.8 Å². The van der Waals surface area contributed by atoms with Gasteiger partial charge in [-0.3, -0.25) is 4.79 Å². The van der Waals surface area contributed by atoms with Gasteiger partial charge < -0.3 is 14.2 Å². The van der Waals surface area contributed by atoms with Crippen molar-refractivity contribution >= 4 is 28.7 Å². The van der Waals surface area contributed by atoms with Gasteiger partial charge in [0.2, 0.25) is 0 Å². The summed E-state index contributed by atoms with van der Waals surface area (Å²) in [7, 11) is 4.71. The van der Waals surface area contributed by atoms with Crippen LogP contribution >= 0.6 is 11.6 Å². The first-order valence-electron chi connectivity index (χ1n) is 11.5. The Morgan fingerprint density at radius 2 is 1.72 bits per heavy atom. The fraction of sp³-hybridized carbons (Fsp3) is 0.250. The lowest BCUT2D eigenvalue weighted by Gasteiger charge is -2.17. The molecule has 4 aromatic rings. The maximum Gasteiger partial charge on any atom is 0.282 e. The molecular weight excluding hydrogens is 478 g/mol. The van der Waals surface area contributed by atoms with E-state index in [1.54, 1.807) is 31.5 Å². The fourth-order valence-corrected chi connectivity index (χ4v) is 4.41. The predicted octanol–water partition coefficient (Wildman–Crippen LogP) is 6.06. The molecule has 1 aromatic heterocycles. The van der Waals surface area contributed by atoms with Crippen LogP contribution in [0.3, 0.4) is 0 Å². The molecule has 4 rings (SSSR count). The summed E-state index contributed by atoms with van der Waals surface area (Å²) in [5, 5.41) is 5.40. The molecule has 1 heterocycles. The topological polar surface area (TPSA) is 74.9 Å². The van der Waals surface area contributed by atoms with Gasteiger partial charge >= 0.3 is 0 Å². The maximum atomic E-state index is 13.6. The molecule has 0 saturated heterocycles. The Hall–Kier alpha value is -3.84. The van der Waals surface area contributed by atoms with E-state index in [2.05, 4.69) is 18.9 Å². The van der Waals surface area contributed by atoms with Crippen molar-refractivity contribution in [3.63, 3.8) is 0 Å². The van der Waals surface area contributed by atoms with E-state index in [1.807, 2.05) is 37.3 Å². The lowest BCUT2D eigenvalue weighted by atomic mass is 9.96. The predicted molar refractivity (Wildman–Crippen MR) is 144 cm³/mol. The molecule has 0 bridgehead atoms. The smallest absolute Gasteiger partial charge is 0.282 e. The molecule has 0 aliphatic rings. The number of aryl methyl sites for hydroxylation is 1. The van der Waals surface area contributed by atoms with Gasteiger partial charge in [0, 0.05) is 5.56 Å². The Morgan fingerprint density at radius 1 is 1.00 bits per heavy atom. The number of nitrogens with zero attached hydrogens (tertiary/aromatic N) is 3. The lowest BCUT2D eigenvalue weighted by Crippen LogP contribution is -2.20. The van der Waals surface area contributed by atoms with Crippen LogP contribution in [0.25, 0.3) is 22.3 Å². The number of benzene rings is 3. The van der Waals surface area contributed by atoms with Gasteiger partial charge in [0.05, 0.1) is 43.5 Å². The molecule has 0 spiro atoms. The summed E-state index contributed by atoms with van der Waals surface area (Å²) in [5.41, 5.74) is 3.68. The number of ether oxygens (including phenoxy) is 3. The second kappa shape index (κ2) is 10.4. The number of hydrogen-bond donors (Lipinski definition) is 0. The fourth-order valence-electron chi connectivity index (χ4n) is 4.11. The van der Waals surface area contributed by atoms with Crippen molar-refractivity contribution < 1.29 is 14.2 Å².